The fraction of sp³-hybridized carbons (Fsp3) is 0.632. The summed E-state index contributed by atoms with van der Waals surface area (Å²) in [6.07, 6.45) is 3.73. The quantitative estimate of drug-likeness (QED) is 0.728. The topological polar surface area (TPSA) is 68.8 Å². The fourth-order valence-corrected chi connectivity index (χ4v) is 3.78. The summed E-state index contributed by atoms with van der Waals surface area (Å²) >= 11 is 0. The number of nitrogens with one attached hydrogen (secondary N) is 2. The Balaban J connectivity index is 1.51. The van der Waals surface area contributed by atoms with Crippen molar-refractivity contribution in [1.82, 2.24) is 10.6 Å². The van der Waals surface area contributed by atoms with Crippen LogP contribution in [-0.2, 0) is 20.8 Å². The second kappa shape index (κ2) is 9.17. The first kappa shape index (κ1) is 18.2. The molecule has 0 spiro atoms. The SMILES string of the molecule is COC(=O)COc1cccc(CNC2CCCC2C2COCCN2)c1. The van der Waals surface area contributed by atoms with Crippen LogP contribution < -0.4 is 15.4 Å². The summed E-state index contributed by atoms with van der Waals surface area (Å²) in [5.41, 5.74) is 1.15. The van der Waals surface area contributed by atoms with E-state index in [1.54, 1.807) is 0 Å². The van der Waals surface area contributed by atoms with Crippen LogP contribution in [0.15, 0.2) is 24.3 Å². The summed E-state index contributed by atoms with van der Waals surface area (Å²) < 4.78 is 15.7. The average Bonchev–Trinajstić information content (AvgIpc) is 3.14. The number of carbonyl (C=O) groups excluding carboxylic acids is 1. The van der Waals surface area contributed by atoms with Gasteiger partial charge in [0.05, 0.1) is 20.3 Å². The van der Waals surface area contributed by atoms with Crippen LogP contribution in [0.4, 0.5) is 0 Å². The lowest BCUT2D eigenvalue weighted by atomic mass is 9.94. The van der Waals surface area contributed by atoms with E-state index in [0.717, 1.165) is 31.9 Å². The number of rotatable bonds is 7. The third-order valence-corrected chi connectivity index (χ3v) is 5.09. The molecule has 1 aliphatic carbocycles. The number of benzene rings is 1. The highest BCUT2D eigenvalue weighted by atomic mass is 16.6. The van der Waals surface area contributed by atoms with E-state index in [1.165, 1.54) is 26.4 Å². The van der Waals surface area contributed by atoms with Gasteiger partial charge in [-0.1, -0.05) is 18.6 Å². The van der Waals surface area contributed by atoms with Crippen LogP contribution in [0.5, 0.6) is 5.75 Å². The van der Waals surface area contributed by atoms with Crippen molar-refractivity contribution < 1.29 is 19.0 Å². The zero-order chi connectivity index (χ0) is 17.5. The molecule has 1 aromatic carbocycles. The fourth-order valence-electron chi connectivity index (χ4n) is 3.78. The average molecular weight is 348 g/mol. The van der Waals surface area contributed by atoms with Gasteiger partial charge in [-0.2, -0.15) is 0 Å². The van der Waals surface area contributed by atoms with Crippen LogP contribution in [0, 0.1) is 5.92 Å². The minimum absolute atomic E-state index is 0.0641. The normalized spacial score (nSPS) is 26.4. The number of carbonyl (C=O) groups is 1. The van der Waals surface area contributed by atoms with E-state index in [2.05, 4.69) is 21.4 Å². The van der Waals surface area contributed by atoms with Crippen LogP contribution in [0.2, 0.25) is 0 Å². The van der Waals surface area contributed by atoms with Crippen molar-refractivity contribution in [2.45, 2.75) is 37.9 Å². The van der Waals surface area contributed by atoms with Gasteiger partial charge in [0.25, 0.3) is 0 Å². The molecule has 6 nitrogen and oxygen atoms in total. The van der Waals surface area contributed by atoms with Gasteiger partial charge in [-0.15, -0.1) is 0 Å². The molecule has 0 radical (unpaired) electrons. The first-order valence-electron chi connectivity index (χ1n) is 9.09. The van der Waals surface area contributed by atoms with Gasteiger partial charge in [0.1, 0.15) is 5.75 Å². The molecule has 1 saturated carbocycles. The first-order valence-corrected chi connectivity index (χ1v) is 9.09. The largest absolute Gasteiger partial charge is 0.482 e. The second-order valence-corrected chi connectivity index (χ2v) is 6.73. The smallest absolute Gasteiger partial charge is 0.343 e. The predicted octanol–water partition coefficient (Wildman–Crippen LogP) is 1.49. The highest BCUT2D eigenvalue weighted by Crippen LogP contribution is 2.29. The molecule has 2 fully saturated rings. The molecule has 1 aromatic rings. The maximum atomic E-state index is 11.2. The van der Waals surface area contributed by atoms with Crippen molar-refractivity contribution in [3.63, 3.8) is 0 Å². The van der Waals surface area contributed by atoms with E-state index in [0.29, 0.717) is 23.8 Å². The molecule has 3 rings (SSSR count). The molecule has 0 amide bonds. The van der Waals surface area contributed by atoms with Gasteiger partial charge in [0.15, 0.2) is 6.61 Å². The van der Waals surface area contributed by atoms with Crippen molar-refractivity contribution in [2.24, 2.45) is 5.92 Å². The third-order valence-electron chi connectivity index (χ3n) is 5.09. The van der Waals surface area contributed by atoms with Gasteiger partial charge in [-0.3, -0.25) is 0 Å². The van der Waals surface area contributed by atoms with Gasteiger partial charge in [-0.25, -0.2) is 4.79 Å². The zero-order valence-corrected chi connectivity index (χ0v) is 14.8. The Bertz CT molecular complexity index is 560. The van der Waals surface area contributed by atoms with Crippen molar-refractivity contribution in [3.05, 3.63) is 29.8 Å². The Labute approximate surface area is 149 Å². The Hall–Kier alpha value is -1.63. The Morgan fingerprint density at radius 3 is 3.12 bits per heavy atom. The minimum Gasteiger partial charge on any atom is -0.482 e. The number of hydrogen-bond acceptors (Lipinski definition) is 6. The van der Waals surface area contributed by atoms with E-state index in [9.17, 15) is 4.79 Å². The number of hydrogen-bond donors (Lipinski definition) is 2. The van der Waals surface area contributed by atoms with E-state index in [1.807, 2.05) is 18.2 Å². The molecule has 3 unspecified atom stereocenters. The molecule has 3 atom stereocenters. The van der Waals surface area contributed by atoms with Crippen molar-refractivity contribution in [1.29, 1.82) is 0 Å². The highest BCUT2D eigenvalue weighted by Gasteiger charge is 2.34. The standard InChI is InChI=1S/C19H28N2O4/c1-23-19(22)13-25-15-5-2-4-14(10-15)11-21-17-7-3-6-16(17)18-12-24-9-8-20-18/h2,4-5,10,16-18,20-21H,3,6-9,11-13H2,1H3. The summed E-state index contributed by atoms with van der Waals surface area (Å²) in [7, 11) is 1.36. The van der Waals surface area contributed by atoms with Crippen molar-refractivity contribution in [3.8, 4) is 5.75 Å². The van der Waals surface area contributed by atoms with E-state index < -0.39 is 0 Å². The molecule has 25 heavy (non-hydrogen) atoms. The van der Waals surface area contributed by atoms with Gasteiger partial charge < -0.3 is 24.8 Å². The summed E-state index contributed by atoms with van der Waals surface area (Å²) in [5, 5.41) is 7.31. The lowest BCUT2D eigenvalue weighted by molar-refractivity contribution is -0.142. The second-order valence-electron chi connectivity index (χ2n) is 6.73. The van der Waals surface area contributed by atoms with E-state index >= 15 is 0 Å². The Kier molecular flexibility index (Phi) is 6.67. The van der Waals surface area contributed by atoms with Crippen molar-refractivity contribution >= 4 is 5.97 Å². The summed E-state index contributed by atoms with van der Waals surface area (Å²) in [4.78, 5) is 11.2. The first-order chi connectivity index (χ1) is 12.3. The van der Waals surface area contributed by atoms with Gasteiger partial charge in [0, 0.05) is 25.2 Å². The van der Waals surface area contributed by atoms with Gasteiger partial charge in [0.2, 0.25) is 0 Å². The maximum absolute atomic E-state index is 11.2. The molecule has 6 heteroatoms. The monoisotopic (exact) mass is 348 g/mol. The minimum atomic E-state index is -0.375. The van der Waals surface area contributed by atoms with Crippen LogP contribution in [0.1, 0.15) is 24.8 Å². The molecular formula is C19H28N2O4. The lowest BCUT2D eigenvalue weighted by Crippen LogP contribution is -2.50. The van der Waals surface area contributed by atoms with Crippen molar-refractivity contribution in [2.75, 3.05) is 33.5 Å². The van der Waals surface area contributed by atoms with Crippen LogP contribution in [0.3, 0.4) is 0 Å². The Morgan fingerprint density at radius 2 is 2.32 bits per heavy atom. The van der Waals surface area contributed by atoms with Crippen LogP contribution >= 0.6 is 0 Å². The van der Waals surface area contributed by atoms with Gasteiger partial charge >= 0.3 is 5.97 Å². The summed E-state index contributed by atoms with van der Waals surface area (Å²) in [6.45, 7) is 3.32. The molecule has 2 N–H and O–H groups in total. The molecule has 2 aliphatic rings. The number of methoxy groups -OCH3 is 1. The molecule has 1 heterocycles. The lowest BCUT2D eigenvalue weighted by Gasteiger charge is -2.33. The van der Waals surface area contributed by atoms with E-state index in [-0.39, 0.29) is 12.6 Å². The van der Waals surface area contributed by atoms with Crippen LogP contribution in [0.25, 0.3) is 0 Å². The maximum Gasteiger partial charge on any atom is 0.343 e. The Morgan fingerprint density at radius 1 is 1.40 bits per heavy atom. The number of esters is 1. The number of morpholine rings is 1. The molecule has 0 bridgehead atoms. The summed E-state index contributed by atoms with van der Waals surface area (Å²) in [6, 6.07) is 8.83. The van der Waals surface area contributed by atoms with Gasteiger partial charge in [-0.05, 0) is 36.5 Å². The number of ether oxygens (including phenoxy) is 3. The highest BCUT2D eigenvalue weighted by molar-refractivity contribution is 5.70. The molecular weight excluding hydrogens is 320 g/mol. The zero-order valence-electron chi connectivity index (χ0n) is 14.8. The molecule has 1 saturated heterocycles. The molecule has 0 aromatic heterocycles. The predicted molar refractivity (Wildman–Crippen MR) is 94.5 cm³/mol. The van der Waals surface area contributed by atoms with Crippen LogP contribution in [-0.4, -0.2) is 51.5 Å². The van der Waals surface area contributed by atoms with E-state index in [4.69, 9.17) is 9.47 Å². The molecule has 1 aliphatic heterocycles. The third kappa shape index (κ3) is 5.17. The summed E-state index contributed by atoms with van der Waals surface area (Å²) in [5.74, 6) is 0.939. The molecule has 138 valence electrons.